The van der Waals surface area contributed by atoms with Crippen LogP contribution < -0.4 is 0 Å². The highest BCUT2D eigenvalue weighted by Gasteiger charge is 2.46. The second-order valence-electron chi connectivity index (χ2n) is 6.72. The molecule has 2 nitrogen and oxygen atoms in total. The lowest BCUT2D eigenvalue weighted by Gasteiger charge is -2.44. The monoisotopic (exact) mass is 242 g/mol. The van der Waals surface area contributed by atoms with E-state index in [1.54, 1.807) is 0 Å². The normalized spacial score (nSPS) is 28.2. The molecule has 1 aliphatic carbocycles. The average Bonchev–Trinajstić information content (AvgIpc) is 2.07. The minimum Gasteiger partial charge on any atom is -0.405 e. The minimum absolute atomic E-state index is 0.174. The summed E-state index contributed by atoms with van der Waals surface area (Å²) >= 11 is 0. The standard InChI is InChI=1S/C13H26O2Si/c1-12(2,3)16(5,6)15-13(4)10-8-7-9-11(13)14/h7-10H2,1-6H3. The zero-order valence-corrected chi connectivity index (χ0v) is 12.6. The van der Waals surface area contributed by atoms with Crippen LogP contribution in [0.4, 0.5) is 0 Å². The molecule has 0 bridgehead atoms. The van der Waals surface area contributed by atoms with Crippen LogP contribution in [0.3, 0.4) is 0 Å². The van der Waals surface area contributed by atoms with E-state index in [1.165, 1.54) is 0 Å². The third-order valence-corrected chi connectivity index (χ3v) is 8.76. The lowest BCUT2D eigenvalue weighted by molar-refractivity contribution is -0.137. The molecule has 94 valence electrons. The van der Waals surface area contributed by atoms with E-state index in [1.807, 2.05) is 6.92 Å². The molecular weight excluding hydrogens is 216 g/mol. The van der Waals surface area contributed by atoms with Crippen molar-refractivity contribution in [2.75, 3.05) is 0 Å². The fraction of sp³-hybridized carbons (Fsp3) is 0.923. The molecule has 0 N–H and O–H groups in total. The van der Waals surface area contributed by atoms with Gasteiger partial charge in [-0.2, -0.15) is 0 Å². The fourth-order valence-corrected chi connectivity index (χ4v) is 3.62. The molecule has 0 saturated heterocycles. The Morgan fingerprint density at radius 3 is 2.25 bits per heavy atom. The van der Waals surface area contributed by atoms with Gasteiger partial charge in [0.05, 0.1) is 0 Å². The Morgan fingerprint density at radius 1 is 1.25 bits per heavy atom. The summed E-state index contributed by atoms with van der Waals surface area (Å²) in [6.07, 6.45) is 3.76. The molecule has 0 aliphatic heterocycles. The van der Waals surface area contributed by atoms with Gasteiger partial charge >= 0.3 is 0 Å². The van der Waals surface area contributed by atoms with E-state index in [4.69, 9.17) is 4.43 Å². The summed E-state index contributed by atoms with van der Waals surface area (Å²) in [5.74, 6) is 0.309. The minimum atomic E-state index is -1.83. The largest absolute Gasteiger partial charge is 0.405 e. The van der Waals surface area contributed by atoms with E-state index in [0.717, 1.165) is 19.3 Å². The first-order valence-corrected chi connectivity index (χ1v) is 9.23. The number of Topliss-reactive ketones (excluding diaryl/α,β-unsaturated/α-hetero) is 1. The Balaban J connectivity index is 2.82. The smallest absolute Gasteiger partial charge is 0.193 e. The Labute approximate surface area is 101 Å². The van der Waals surface area contributed by atoms with Crippen molar-refractivity contribution in [3.05, 3.63) is 0 Å². The SMILES string of the molecule is CC1(O[Si](C)(C)C(C)(C)C)CCCCC1=O. The molecule has 0 radical (unpaired) electrons. The molecule has 0 aromatic heterocycles. The van der Waals surface area contributed by atoms with Crippen LogP contribution in [0.1, 0.15) is 53.4 Å². The average molecular weight is 242 g/mol. The molecule has 0 aromatic rings. The Hall–Kier alpha value is -0.153. The van der Waals surface area contributed by atoms with Crippen LogP contribution in [-0.4, -0.2) is 19.7 Å². The first-order chi connectivity index (χ1) is 7.08. The number of hydrogen-bond donors (Lipinski definition) is 0. The van der Waals surface area contributed by atoms with Crippen LogP contribution in [0.2, 0.25) is 18.1 Å². The molecule has 1 unspecified atom stereocenters. The molecule has 1 aliphatic rings. The van der Waals surface area contributed by atoms with Crippen LogP contribution in [0.25, 0.3) is 0 Å². The van der Waals surface area contributed by atoms with E-state index in [9.17, 15) is 4.79 Å². The van der Waals surface area contributed by atoms with Crippen molar-refractivity contribution in [1.29, 1.82) is 0 Å². The quantitative estimate of drug-likeness (QED) is 0.686. The van der Waals surface area contributed by atoms with Gasteiger partial charge in [-0.3, -0.25) is 4.79 Å². The molecule has 0 aromatic carbocycles. The van der Waals surface area contributed by atoms with Crippen molar-refractivity contribution in [3.63, 3.8) is 0 Å². The Morgan fingerprint density at radius 2 is 1.81 bits per heavy atom. The number of hydrogen-bond acceptors (Lipinski definition) is 2. The van der Waals surface area contributed by atoms with Crippen molar-refractivity contribution >= 4 is 14.1 Å². The first kappa shape index (κ1) is 13.9. The number of carbonyl (C=O) groups excluding carboxylic acids is 1. The highest BCUT2D eigenvalue weighted by Crippen LogP contribution is 2.41. The summed E-state index contributed by atoms with van der Waals surface area (Å²) in [5.41, 5.74) is -0.499. The highest BCUT2D eigenvalue weighted by atomic mass is 28.4. The number of ketones is 1. The molecular formula is C13H26O2Si. The summed E-state index contributed by atoms with van der Waals surface area (Å²) in [6.45, 7) is 13.1. The molecule has 1 atom stereocenters. The van der Waals surface area contributed by atoms with Gasteiger partial charge in [0.1, 0.15) is 5.60 Å². The second-order valence-corrected chi connectivity index (χ2v) is 11.4. The number of carbonyl (C=O) groups is 1. The van der Waals surface area contributed by atoms with Crippen molar-refractivity contribution in [2.45, 2.75) is 77.1 Å². The van der Waals surface area contributed by atoms with Crippen molar-refractivity contribution in [3.8, 4) is 0 Å². The fourth-order valence-electron chi connectivity index (χ4n) is 1.98. The van der Waals surface area contributed by atoms with Gasteiger partial charge in [-0.05, 0) is 44.3 Å². The molecule has 16 heavy (non-hydrogen) atoms. The van der Waals surface area contributed by atoms with E-state index >= 15 is 0 Å². The summed E-state index contributed by atoms with van der Waals surface area (Å²) < 4.78 is 6.33. The van der Waals surface area contributed by atoms with Gasteiger partial charge < -0.3 is 4.43 Å². The zero-order chi connectivity index (χ0) is 12.6. The van der Waals surface area contributed by atoms with Crippen LogP contribution in [0, 0.1) is 0 Å². The van der Waals surface area contributed by atoms with Crippen LogP contribution in [-0.2, 0) is 9.22 Å². The zero-order valence-electron chi connectivity index (χ0n) is 11.6. The Bertz CT molecular complexity index is 278. The summed E-state index contributed by atoms with van der Waals surface area (Å²) in [5, 5.41) is 0.174. The van der Waals surface area contributed by atoms with Gasteiger partial charge in [0.25, 0.3) is 0 Å². The van der Waals surface area contributed by atoms with Crippen molar-refractivity contribution in [2.24, 2.45) is 0 Å². The van der Waals surface area contributed by atoms with E-state index in [0.29, 0.717) is 12.2 Å². The second kappa shape index (κ2) is 4.26. The third-order valence-electron chi connectivity index (χ3n) is 4.18. The summed E-state index contributed by atoms with van der Waals surface area (Å²) in [4.78, 5) is 12.0. The van der Waals surface area contributed by atoms with Gasteiger partial charge in [-0.15, -0.1) is 0 Å². The van der Waals surface area contributed by atoms with E-state index < -0.39 is 13.9 Å². The predicted molar refractivity (Wildman–Crippen MR) is 70.2 cm³/mol. The van der Waals surface area contributed by atoms with Crippen molar-refractivity contribution < 1.29 is 9.22 Å². The van der Waals surface area contributed by atoms with Crippen LogP contribution in [0.15, 0.2) is 0 Å². The Kier molecular flexibility index (Phi) is 3.70. The van der Waals surface area contributed by atoms with Crippen LogP contribution in [0.5, 0.6) is 0 Å². The molecule has 0 spiro atoms. The van der Waals surface area contributed by atoms with Gasteiger partial charge in [0, 0.05) is 6.42 Å². The molecule has 3 heteroatoms. The first-order valence-electron chi connectivity index (χ1n) is 6.32. The topological polar surface area (TPSA) is 26.3 Å². The predicted octanol–water partition coefficient (Wildman–Crippen LogP) is 3.91. The van der Waals surface area contributed by atoms with Crippen LogP contribution >= 0.6 is 0 Å². The molecule has 1 fully saturated rings. The van der Waals surface area contributed by atoms with Gasteiger partial charge in [0.15, 0.2) is 14.1 Å². The van der Waals surface area contributed by atoms with Crippen molar-refractivity contribution in [1.82, 2.24) is 0 Å². The molecule has 0 amide bonds. The molecule has 1 rings (SSSR count). The lowest BCUT2D eigenvalue weighted by atomic mass is 9.85. The molecule has 0 heterocycles. The maximum Gasteiger partial charge on any atom is 0.193 e. The maximum absolute atomic E-state index is 12.0. The van der Waals surface area contributed by atoms with Gasteiger partial charge in [-0.1, -0.05) is 20.8 Å². The van der Waals surface area contributed by atoms with E-state index in [-0.39, 0.29) is 5.04 Å². The highest BCUT2D eigenvalue weighted by molar-refractivity contribution is 6.74. The van der Waals surface area contributed by atoms with Gasteiger partial charge in [-0.25, -0.2) is 0 Å². The van der Waals surface area contributed by atoms with E-state index in [2.05, 4.69) is 33.9 Å². The summed E-state index contributed by atoms with van der Waals surface area (Å²) in [7, 11) is -1.83. The third kappa shape index (κ3) is 2.75. The maximum atomic E-state index is 12.0. The summed E-state index contributed by atoms with van der Waals surface area (Å²) in [6, 6.07) is 0. The van der Waals surface area contributed by atoms with Gasteiger partial charge in [0.2, 0.25) is 0 Å². The molecule has 1 saturated carbocycles. The number of rotatable bonds is 2. The lowest BCUT2D eigenvalue weighted by Crippen LogP contribution is -2.53.